The molecule has 0 aliphatic carbocycles. The maximum atomic E-state index is 12.7. The van der Waals surface area contributed by atoms with E-state index in [-0.39, 0.29) is 5.02 Å². The molecule has 0 aliphatic rings. The van der Waals surface area contributed by atoms with Crippen molar-refractivity contribution in [1.82, 2.24) is 0 Å². The van der Waals surface area contributed by atoms with Gasteiger partial charge in [0.05, 0.1) is 11.1 Å². The summed E-state index contributed by atoms with van der Waals surface area (Å²) in [5.74, 6) is -0.449. The van der Waals surface area contributed by atoms with Crippen molar-refractivity contribution in [2.75, 3.05) is 0 Å². The van der Waals surface area contributed by atoms with Gasteiger partial charge in [0, 0.05) is 6.08 Å². The van der Waals surface area contributed by atoms with Gasteiger partial charge in [-0.1, -0.05) is 17.7 Å². The Hall–Kier alpha value is -1.33. The van der Waals surface area contributed by atoms with Gasteiger partial charge in [-0.25, -0.2) is 4.39 Å². The monoisotopic (exact) mass is 195 g/mol. The third-order valence-corrected chi connectivity index (χ3v) is 1.95. The molecule has 3 heteroatoms. The molecule has 0 fully saturated rings. The third kappa shape index (κ3) is 2.30. The fourth-order valence-corrected chi connectivity index (χ4v) is 1.10. The lowest BCUT2D eigenvalue weighted by molar-refractivity contribution is 0.628. The molecule has 1 rings (SSSR count). The number of hydrogen-bond acceptors (Lipinski definition) is 1. The van der Waals surface area contributed by atoms with Gasteiger partial charge >= 0.3 is 0 Å². The second-order valence-electron chi connectivity index (χ2n) is 2.59. The van der Waals surface area contributed by atoms with Gasteiger partial charge in [-0.05, 0) is 30.2 Å². The highest BCUT2D eigenvalue weighted by Crippen LogP contribution is 2.20. The van der Waals surface area contributed by atoms with Gasteiger partial charge < -0.3 is 0 Å². The Bertz CT molecular complexity index is 390. The van der Waals surface area contributed by atoms with E-state index in [4.69, 9.17) is 16.9 Å². The van der Waals surface area contributed by atoms with Gasteiger partial charge in [0.15, 0.2) is 0 Å². The predicted octanol–water partition coefficient (Wildman–Crippen LogP) is 3.41. The lowest BCUT2D eigenvalue weighted by Crippen LogP contribution is -1.82. The number of halogens is 2. The topological polar surface area (TPSA) is 23.8 Å². The molecule has 66 valence electrons. The molecule has 0 unspecified atom stereocenters. The average molecular weight is 196 g/mol. The molecule has 0 radical (unpaired) electrons. The number of nitrogens with zero attached hydrogens (tertiary/aromatic N) is 1. The van der Waals surface area contributed by atoms with Crippen LogP contribution in [0, 0.1) is 17.1 Å². The number of hydrogen-bond donors (Lipinski definition) is 0. The fraction of sp³-hybridized carbons (Fsp3) is 0.100. The standard InChI is InChI=1S/C10H7ClFN/c1-7(4-5-13)8-2-3-10(12)9(11)6-8/h2-4,6H,1H3. The van der Waals surface area contributed by atoms with Crippen molar-refractivity contribution in [2.24, 2.45) is 0 Å². The maximum absolute atomic E-state index is 12.7. The fourth-order valence-electron chi connectivity index (χ4n) is 0.922. The van der Waals surface area contributed by atoms with Gasteiger partial charge in [0.1, 0.15) is 5.82 Å². The molecule has 0 aliphatic heterocycles. The first-order valence-electron chi connectivity index (χ1n) is 3.67. The smallest absolute Gasteiger partial charge is 0.141 e. The summed E-state index contributed by atoms with van der Waals surface area (Å²) in [7, 11) is 0. The summed E-state index contributed by atoms with van der Waals surface area (Å²) in [6, 6.07) is 6.27. The molecule has 13 heavy (non-hydrogen) atoms. The van der Waals surface area contributed by atoms with Crippen LogP contribution < -0.4 is 0 Å². The number of allylic oxidation sites excluding steroid dienone is 2. The van der Waals surface area contributed by atoms with E-state index in [0.717, 1.165) is 11.1 Å². The second-order valence-corrected chi connectivity index (χ2v) is 2.99. The van der Waals surface area contributed by atoms with Crippen molar-refractivity contribution in [3.05, 3.63) is 40.7 Å². The summed E-state index contributed by atoms with van der Waals surface area (Å²) >= 11 is 5.57. The summed E-state index contributed by atoms with van der Waals surface area (Å²) in [6.45, 7) is 1.77. The van der Waals surface area contributed by atoms with E-state index in [9.17, 15) is 4.39 Å². The zero-order valence-corrected chi connectivity index (χ0v) is 7.77. The second kappa shape index (κ2) is 4.06. The Morgan fingerprint density at radius 2 is 2.31 bits per heavy atom. The SMILES string of the molecule is CC(=CC#N)c1ccc(F)c(Cl)c1. The molecule has 0 amide bonds. The average Bonchev–Trinajstić information content (AvgIpc) is 2.10. The highest BCUT2D eigenvalue weighted by atomic mass is 35.5. The predicted molar refractivity (Wildman–Crippen MR) is 50.7 cm³/mol. The molecule has 0 atom stereocenters. The zero-order valence-electron chi connectivity index (χ0n) is 7.01. The largest absolute Gasteiger partial charge is 0.205 e. The molecule has 1 aromatic rings. The molecule has 0 N–H and O–H groups in total. The Labute approximate surface area is 81.1 Å². The zero-order chi connectivity index (χ0) is 9.84. The van der Waals surface area contributed by atoms with Gasteiger partial charge in [-0.3, -0.25) is 0 Å². The van der Waals surface area contributed by atoms with Crippen LogP contribution in [0.5, 0.6) is 0 Å². The Morgan fingerprint density at radius 3 is 2.85 bits per heavy atom. The van der Waals surface area contributed by atoms with Crippen LogP contribution in [0.1, 0.15) is 12.5 Å². The molecule has 0 heterocycles. The van der Waals surface area contributed by atoms with Crippen molar-refractivity contribution in [3.63, 3.8) is 0 Å². The van der Waals surface area contributed by atoms with Crippen molar-refractivity contribution < 1.29 is 4.39 Å². The minimum absolute atomic E-state index is 0.0724. The summed E-state index contributed by atoms with van der Waals surface area (Å²) in [6.07, 6.45) is 1.39. The quantitative estimate of drug-likeness (QED) is 0.630. The Kier molecular flexibility index (Phi) is 3.05. The summed E-state index contributed by atoms with van der Waals surface area (Å²) in [4.78, 5) is 0. The highest BCUT2D eigenvalue weighted by molar-refractivity contribution is 6.30. The molecule has 0 saturated carbocycles. The number of nitriles is 1. The van der Waals surface area contributed by atoms with E-state index in [0.29, 0.717) is 0 Å². The van der Waals surface area contributed by atoms with E-state index < -0.39 is 5.82 Å². The number of benzene rings is 1. The van der Waals surface area contributed by atoms with Gasteiger partial charge in [0.2, 0.25) is 0 Å². The summed E-state index contributed by atoms with van der Waals surface area (Å²) < 4.78 is 12.7. The van der Waals surface area contributed by atoms with Crippen molar-refractivity contribution in [3.8, 4) is 6.07 Å². The van der Waals surface area contributed by atoms with Crippen LogP contribution in [0.15, 0.2) is 24.3 Å². The first-order valence-corrected chi connectivity index (χ1v) is 4.04. The summed E-state index contributed by atoms with van der Waals surface area (Å²) in [5.41, 5.74) is 1.53. The minimum atomic E-state index is -0.449. The van der Waals surface area contributed by atoms with Crippen LogP contribution in [-0.4, -0.2) is 0 Å². The molecule has 0 spiro atoms. The van der Waals surface area contributed by atoms with Crippen LogP contribution in [-0.2, 0) is 0 Å². The van der Waals surface area contributed by atoms with Crippen LogP contribution in [0.4, 0.5) is 4.39 Å². The van der Waals surface area contributed by atoms with Gasteiger partial charge in [0.25, 0.3) is 0 Å². The molecular formula is C10H7ClFN. The third-order valence-electron chi connectivity index (χ3n) is 1.66. The highest BCUT2D eigenvalue weighted by Gasteiger charge is 2.01. The normalized spacial score (nSPS) is 11.1. The van der Waals surface area contributed by atoms with E-state index in [1.165, 1.54) is 18.2 Å². The Balaban J connectivity index is 3.13. The lowest BCUT2D eigenvalue weighted by Gasteiger charge is -2.00. The lowest BCUT2D eigenvalue weighted by atomic mass is 10.1. The molecule has 0 aromatic heterocycles. The molecule has 1 aromatic carbocycles. The van der Waals surface area contributed by atoms with Crippen molar-refractivity contribution >= 4 is 17.2 Å². The summed E-state index contributed by atoms with van der Waals surface area (Å²) in [5, 5.41) is 8.46. The van der Waals surface area contributed by atoms with E-state index >= 15 is 0 Å². The van der Waals surface area contributed by atoms with E-state index in [1.54, 1.807) is 13.0 Å². The first kappa shape index (κ1) is 9.76. The van der Waals surface area contributed by atoms with E-state index in [2.05, 4.69) is 0 Å². The van der Waals surface area contributed by atoms with Crippen molar-refractivity contribution in [1.29, 1.82) is 5.26 Å². The maximum Gasteiger partial charge on any atom is 0.141 e. The van der Waals surface area contributed by atoms with Crippen molar-refractivity contribution in [2.45, 2.75) is 6.92 Å². The van der Waals surface area contributed by atoms with Crippen LogP contribution in [0.2, 0.25) is 5.02 Å². The first-order chi connectivity index (χ1) is 6.15. The minimum Gasteiger partial charge on any atom is -0.205 e. The van der Waals surface area contributed by atoms with Crippen LogP contribution in [0.3, 0.4) is 0 Å². The molecular weight excluding hydrogens is 189 g/mol. The van der Waals surface area contributed by atoms with Crippen LogP contribution >= 0.6 is 11.6 Å². The van der Waals surface area contributed by atoms with Gasteiger partial charge in [-0.2, -0.15) is 5.26 Å². The number of rotatable bonds is 1. The Morgan fingerprint density at radius 1 is 1.62 bits per heavy atom. The molecule has 0 saturated heterocycles. The van der Waals surface area contributed by atoms with Crippen LogP contribution in [0.25, 0.3) is 5.57 Å². The molecule has 1 nitrogen and oxygen atoms in total. The van der Waals surface area contributed by atoms with E-state index in [1.807, 2.05) is 6.07 Å². The molecule has 0 bridgehead atoms. The van der Waals surface area contributed by atoms with Gasteiger partial charge in [-0.15, -0.1) is 0 Å².